The molecule has 0 atom stereocenters. The molecule has 31 heavy (non-hydrogen) atoms. The van der Waals surface area contributed by atoms with Gasteiger partial charge in [-0.25, -0.2) is 9.59 Å². The minimum atomic E-state index is -1.14. The fraction of sp³-hybridized carbons (Fsp3) is 0.458. The zero-order chi connectivity index (χ0) is 23.2. The highest BCUT2D eigenvalue weighted by atomic mass is 16.4. The molecule has 1 aromatic heterocycles. The van der Waals surface area contributed by atoms with Gasteiger partial charge in [0.15, 0.2) is 5.78 Å². The van der Waals surface area contributed by atoms with Crippen molar-refractivity contribution in [3.8, 4) is 5.75 Å². The van der Waals surface area contributed by atoms with Gasteiger partial charge in [0.25, 0.3) is 0 Å². The second-order valence-corrected chi connectivity index (χ2v) is 7.51. The van der Waals surface area contributed by atoms with Crippen LogP contribution in [0.2, 0.25) is 0 Å². The lowest BCUT2D eigenvalue weighted by atomic mass is 10.0. The van der Waals surface area contributed by atoms with E-state index >= 15 is 0 Å². The standard InChI is InChI=1S/C24H33NO6/c1-4-5-6-8-11-17(2)13-14-18(3)22(27)21-20(26)16-19(31-23(21)28)12-9-7-10-15-25-24(29)30/h10,13-16,25-26H,4-9,11-12H2,1-3H3,(H,29,30). The van der Waals surface area contributed by atoms with E-state index < -0.39 is 23.3 Å². The predicted molar refractivity (Wildman–Crippen MR) is 120 cm³/mol. The number of carboxylic acid groups (broad SMARTS) is 1. The van der Waals surface area contributed by atoms with E-state index in [1.54, 1.807) is 19.1 Å². The molecule has 0 unspecified atom stereocenters. The van der Waals surface area contributed by atoms with Gasteiger partial charge in [0.2, 0.25) is 0 Å². The fourth-order valence-corrected chi connectivity index (χ4v) is 2.92. The van der Waals surface area contributed by atoms with Crippen molar-refractivity contribution in [1.82, 2.24) is 5.32 Å². The van der Waals surface area contributed by atoms with Crippen molar-refractivity contribution < 1.29 is 24.2 Å². The SMILES string of the molecule is CCCCCCC(C)=CC=C(C)C(=O)c1c(O)cc(CCCC=CNC(=O)O)oc1=O. The van der Waals surface area contributed by atoms with Gasteiger partial charge in [-0.15, -0.1) is 0 Å². The highest BCUT2D eigenvalue weighted by molar-refractivity contribution is 6.09. The molecule has 0 saturated heterocycles. The predicted octanol–water partition coefficient (Wildman–Crippen LogP) is 5.50. The van der Waals surface area contributed by atoms with Gasteiger partial charge >= 0.3 is 11.7 Å². The summed E-state index contributed by atoms with van der Waals surface area (Å²) in [7, 11) is 0. The Morgan fingerprint density at radius 3 is 2.52 bits per heavy atom. The molecule has 1 amide bonds. The minimum absolute atomic E-state index is 0.267. The van der Waals surface area contributed by atoms with Crippen LogP contribution >= 0.6 is 0 Å². The molecule has 0 saturated carbocycles. The molecular formula is C24H33NO6. The van der Waals surface area contributed by atoms with E-state index in [1.165, 1.54) is 31.5 Å². The minimum Gasteiger partial charge on any atom is -0.507 e. The van der Waals surface area contributed by atoms with E-state index in [4.69, 9.17) is 9.52 Å². The van der Waals surface area contributed by atoms with E-state index in [1.807, 2.05) is 13.0 Å². The Balaban J connectivity index is 2.74. The van der Waals surface area contributed by atoms with Crippen molar-refractivity contribution >= 4 is 11.9 Å². The van der Waals surface area contributed by atoms with E-state index in [0.29, 0.717) is 24.8 Å². The first-order chi connectivity index (χ1) is 14.8. The van der Waals surface area contributed by atoms with Gasteiger partial charge in [-0.3, -0.25) is 10.1 Å². The molecule has 0 aliphatic rings. The Labute approximate surface area is 183 Å². The number of aryl methyl sites for hydroxylation is 1. The number of hydrogen-bond donors (Lipinski definition) is 3. The summed E-state index contributed by atoms with van der Waals surface area (Å²) in [6.45, 7) is 5.78. The molecule has 1 aromatic rings. The van der Waals surface area contributed by atoms with Crippen molar-refractivity contribution in [3.05, 3.63) is 63.4 Å². The van der Waals surface area contributed by atoms with Crippen molar-refractivity contribution in [2.45, 2.75) is 72.1 Å². The van der Waals surface area contributed by atoms with Crippen molar-refractivity contribution in [1.29, 1.82) is 0 Å². The summed E-state index contributed by atoms with van der Waals surface area (Å²) in [6.07, 6.45) is 12.5. The monoisotopic (exact) mass is 431 g/mol. The van der Waals surface area contributed by atoms with Crippen molar-refractivity contribution in [2.75, 3.05) is 0 Å². The molecular weight excluding hydrogens is 398 g/mol. The number of ketones is 1. The number of rotatable bonds is 13. The maximum atomic E-state index is 12.6. The van der Waals surface area contributed by atoms with Gasteiger partial charge in [0.05, 0.1) is 0 Å². The molecule has 0 aromatic carbocycles. The van der Waals surface area contributed by atoms with Crippen molar-refractivity contribution in [2.24, 2.45) is 0 Å². The number of Topliss-reactive ketones (excluding diaryl/α,β-unsaturated/α-hetero) is 1. The molecule has 0 fully saturated rings. The molecule has 0 aliphatic carbocycles. The molecule has 170 valence electrons. The largest absolute Gasteiger partial charge is 0.507 e. The van der Waals surface area contributed by atoms with Gasteiger partial charge in [0, 0.05) is 18.7 Å². The van der Waals surface area contributed by atoms with Crippen LogP contribution in [0.3, 0.4) is 0 Å². The average molecular weight is 432 g/mol. The number of unbranched alkanes of at least 4 members (excludes halogenated alkanes) is 4. The summed E-state index contributed by atoms with van der Waals surface area (Å²) >= 11 is 0. The lowest BCUT2D eigenvalue weighted by Gasteiger charge is -2.05. The number of hydrogen-bond acceptors (Lipinski definition) is 5. The normalized spacial score (nSPS) is 12.4. The second-order valence-electron chi connectivity index (χ2n) is 7.51. The average Bonchev–Trinajstić information content (AvgIpc) is 2.71. The molecule has 1 heterocycles. The maximum absolute atomic E-state index is 12.6. The Morgan fingerprint density at radius 1 is 1.13 bits per heavy atom. The zero-order valence-corrected chi connectivity index (χ0v) is 18.6. The van der Waals surface area contributed by atoms with Crippen LogP contribution in [0.25, 0.3) is 0 Å². The summed E-state index contributed by atoms with van der Waals surface area (Å²) in [6, 6.07) is 1.29. The topological polar surface area (TPSA) is 117 Å². The highest BCUT2D eigenvalue weighted by Crippen LogP contribution is 2.20. The number of amides is 1. The third-order valence-corrected chi connectivity index (χ3v) is 4.73. The lowest BCUT2D eigenvalue weighted by Crippen LogP contribution is -2.16. The Hall–Kier alpha value is -3.09. The van der Waals surface area contributed by atoms with E-state index in [-0.39, 0.29) is 11.3 Å². The van der Waals surface area contributed by atoms with Gasteiger partial charge in [-0.05, 0) is 45.1 Å². The number of aromatic hydroxyl groups is 1. The molecule has 0 bridgehead atoms. The maximum Gasteiger partial charge on any atom is 0.408 e. The number of carbonyl (C=O) groups excluding carboxylic acids is 1. The first kappa shape index (κ1) is 25.9. The summed E-state index contributed by atoms with van der Waals surface area (Å²) in [5.41, 5.74) is 0.273. The van der Waals surface area contributed by atoms with Crippen LogP contribution in [0.4, 0.5) is 4.79 Å². The number of carbonyl (C=O) groups is 2. The summed E-state index contributed by atoms with van der Waals surface area (Å²) in [5, 5.41) is 20.8. The number of allylic oxidation sites excluding steroid dienone is 5. The Kier molecular flexibility index (Phi) is 11.7. The fourth-order valence-electron chi connectivity index (χ4n) is 2.92. The number of nitrogens with one attached hydrogen (secondary N) is 1. The Bertz CT molecular complexity index is 892. The molecule has 0 spiro atoms. The van der Waals surface area contributed by atoms with Crippen LogP contribution in [0, 0.1) is 0 Å². The smallest absolute Gasteiger partial charge is 0.408 e. The van der Waals surface area contributed by atoms with Crippen LogP contribution in [-0.2, 0) is 6.42 Å². The molecule has 0 radical (unpaired) electrons. The highest BCUT2D eigenvalue weighted by Gasteiger charge is 2.20. The molecule has 0 aliphatic heterocycles. The quantitative estimate of drug-likeness (QED) is 0.164. The van der Waals surface area contributed by atoms with Gasteiger partial charge < -0.3 is 14.6 Å². The molecule has 7 heteroatoms. The summed E-state index contributed by atoms with van der Waals surface area (Å²) in [4.78, 5) is 35.2. The Morgan fingerprint density at radius 2 is 1.87 bits per heavy atom. The second kappa shape index (κ2) is 14.0. The van der Waals surface area contributed by atoms with Crippen LogP contribution in [0.5, 0.6) is 5.75 Å². The van der Waals surface area contributed by atoms with E-state index in [9.17, 15) is 19.5 Å². The van der Waals surface area contributed by atoms with Crippen LogP contribution in [-0.4, -0.2) is 22.1 Å². The van der Waals surface area contributed by atoms with E-state index in [0.717, 1.165) is 18.4 Å². The third-order valence-electron chi connectivity index (χ3n) is 4.73. The molecule has 7 nitrogen and oxygen atoms in total. The van der Waals surface area contributed by atoms with E-state index in [2.05, 4.69) is 12.2 Å². The van der Waals surface area contributed by atoms with Gasteiger partial charge in [0.1, 0.15) is 17.1 Å². The van der Waals surface area contributed by atoms with Gasteiger partial charge in [-0.2, -0.15) is 0 Å². The van der Waals surface area contributed by atoms with Crippen molar-refractivity contribution in [3.63, 3.8) is 0 Å². The van der Waals surface area contributed by atoms with Crippen LogP contribution in [0.1, 0.15) is 81.8 Å². The molecule has 3 N–H and O–H groups in total. The van der Waals surface area contributed by atoms with Gasteiger partial charge in [-0.1, -0.05) is 50.0 Å². The van der Waals surface area contributed by atoms with Crippen LogP contribution in [0.15, 0.2) is 50.9 Å². The first-order valence-corrected chi connectivity index (χ1v) is 10.7. The third kappa shape index (κ3) is 9.98. The first-order valence-electron chi connectivity index (χ1n) is 10.7. The zero-order valence-electron chi connectivity index (χ0n) is 18.6. The lowest BCUT2D eigenvalue weighted by molar-refractivity contribution is 0.102. The molecule has 1 rings (SSSR count). The van der Waals surface area contributed by atoms with Crippen LogP contribution < -0.4 is 10.9 Å². The summed E-state index contributed by atoms with van der Waals surface area (Å²) < 4.78 is 5.19. The summed E-state index contributed by atoms with van der Waals surface area (Å²) in [5.74, 6) is -0.689.